The van der Waals surface area contributed by atoms with Gasteiger partial charge in [0.05, 0.1) is 12.7 Å². The molecule has 4 nitrogen and oxygen atoms in total. The first-order chi connectivity index (χ1) is 8.70. The van der Waals surface area contributed by atoms with Gasteiger partial charge in [0, 0.05) is 18.0 Å². The first kappa shape index (κ1) is 12.1. The van der Waals surface area contributed by atoms with E-state index in [2.05, 4.69) is 9.72 Å². The quantitative estimate of drug-likeness (QED) is 0.777. The zero-order chi connectivity index (χ0) is 13.0. The van der Waals surface area contributed by atoms with Crippen molar-refractivity contribution in [1.29, 1.82) is 0 Å². The minimum Gasteiger partial charge on any atom is -0.465 e. The number of carbonyl (C=O) groups is 1. The Morgan fingerprint density at radius 3 is 2.50 bits per heavy atom. The van der Waals surface area contributed by atoms with E-state index in [1.807, 2.05) is 6.92 Å². The third kappa shape index (κ3) is 2.66. The van der Waals surface area contributed by atoms with E-state index in [9.17, 15) is 4.79 Å². The number of nitrogens with zero attached hydrogens (tertiary/aromatic N) is 1. The number of hydrogen-bond acceptors (Lipinski definition) is 4. The van der Waals surface area contributed by atoms with E-state index < -0.39 is 0 Å². The lowest BCUT2D eigenvalue weighted by Gasteiger charge is -2.08. The Labute approximate surface area is 105 Å². The van der Waals surface area contributed by atoms with Gasteiger partial charge < -0.3 is 9.47 Å². The second kappa shape index (κ2) is 5.31. The number of esters is 1. The summed E-state index contributed by atoms with van der Waals surface area (Å²) in [7, 11) is 1.35. The Bertz CT molecular complexity index is 549. The SMILES string of the molecule is COC(=O)c1ccc(Oc2ccncc2C)cc1. The van der Waals surface area contributed by atoms with Crippen LogP contribution in [0.25, 0.3) is 0 Å². The first-order valence-electron chi connectivity index (χ1n) is 5.47. The second-order valence-electron chi connectivity index (χ2n) is 3.76. The van der Waals surface area contributed by atoms with Crippen molar-refractivity contribution in [2.45, 2.75) is 6.92 Å². The smallest absolute Gasteiger partial charge is 0.337 e. The van der Waals surface area contributed by atoms with Crippen LogP contribution in [-0.2, 0) is 4.74 Å². The van der Waals surface area contributed by atoms with Gasteiger partial charge in [0.1, 0.15) is 11.5 Å². The molecule has 4 heteroatoms. The summed E-state index contributed by atoms with van der Waals surface area (Å²) < 4.78 is 10.3. The van der Waals surface area contributed by atoms with E-state index in [1.165, 1.54) is 7.11 Å². The fraction of sp³-hybridized carbons (Fsp3) is 0.143. The summed E-state index contributed by atoms with van der Waals surface area (Å²) in [6, 6.07) is 8.58. The summed E-state index contributed by atoms with van der Waals surface area (Å²) in [5.41, 5.74) is 1.45. The largest absolute Gasteiger partial charge is 0.465 e. The second-order valence-corrected chi connectivity index (χ2v) is 3.76. The summed E-state index contributed by atoms with van der Waals surface area (Å²) in [5, 5.41) is 0. The van der Waals surface area contributed by atoms with Gasteiger partial charge in [0.2, 0.25) is 0 Å². The van der Waals surface area contributed by atoms with E-state index in [0.29, 0.717) is 11.3 Å². The highest BCUT2D eigenvalue weighted by molar-refractivity contribution is 5.89. The zero-order valence-electron chi connectivity index (χ0n) is 10.2. The van der Waals surface area contributed by atoms with Gasteiger partial charge in [-0.3, -0.25) is 4.98 Å². The lowest BCUT2D eigenvalue weighted by atomic mass is 10.2. The maximum Gasteiger partial charge on any atom is 0.337 e. The molecule has 0 amide bonds. The third-order valence-corrected chi connectivity index (χ3v) is 2.47. The summed E-state index contributed by atoms with van der Waals surface area (Å²) >= 11 is 0. The molecule has 0 bridgehead atoms. The Morgan fingerprint density at radius 1 is 1.17 bits per heavy atom. The molecule has 0 aliphatic carbocycles. The van der Waals surface area contributed by atoms with Crippen molar-refractivity contribution in [3.8, 4) is 11.5 Å². The number of aryl methyl sites for hydroxylation is 1. The maximum atomic E-state index is 11.3. The van der Waals surface area contributed by atoms with Crippen LogP contribution in [0.1, 0.15) is 15.9 Å². The van der Waals surface area contributed by atoms with Crippen molar-refractivity contribution in [3.05, 3.63) is 53.9 Å². The van der Waals surface area contributed by atoms with Crippen LogP contribution in [0.2, 0.25) is 0 Å². The monoisotopic (exact) mass is 243 g/mol. The van der Waals surface area contributed by atoms with Gasteiger partial charge in [-0.1, -0.05) is 0 Å². The van der Waals surface area contributed by atoms with Crippen LogP contribution >= 0.6 is 0 Å². The van der Waals surface area contributed by atoms with Gasteiger partial charge in [-0.25, -0.2) is 4.79 Å². The fourth-order valence-electron chi connectivity index (χ4n) is 1.48. The Hall–Kier alpha value is -2.36. The Kier molecular flexibility index (Phi) is 3.57. The van der Waals surface area contributed by atoms with Crippen LogP contribution < -0.4 is 4.74 Å². The predicted octanol–water partition coefficient (Wildman–Crippen LogP) is 2.97. The molecule has 1 heterocycles. The Balaban J connectivity index is 2.16. The van der Waals surface area contributed by atoms with E-state index in [-0.39, 0.29) is 5.97 Å². The van der Waals surface area contributed by atoms with Crippen LogP contribution in [0, 0.1) is 6.92 Å². The van der Waals surface area contributed by atoms with Crippen LogP contribution in [0.5, 0.6) is 11.5 Å². The molecule has 0 unspecified atom stereocenters. The topological polar surface area (TPSA) is 48.4 Å². The lowest BCUT2D eigenvalue weighted by Crippen LogP contribution is -2.00. The molecule has 18 heavy (non-hydrogen) atoms. The molecule has 0 atom stereocenters. The number of methoxy groups -OCH3 is 1. The Morgan fingerprint density at radius 2 is 1.89 bits per heavy atom. The normalized spacial score (nSPS) is 9.89. The van der Waals surface area contributed by atoms with Gasteiger partial charge in [0.15, 0.2) is 0 Å². The predicted molar refractivity (Wildman–Crippen MR) is 66.8 cm³/mol. The van der Waals surface area contributed by atoms with Crippen LogP contribution in [0.4, 0.5) is 0 Å². The highest BCUT2D eigenvalue weighted by Gasteiger charge is 2.05. The van der Waals surface area contributed by atoms with Crippen molar-refractivity contribution in [1.82, 2.24) is 4.98 Å². The maximum absolute atomic E-state index is 11.3. The molecular formula is C14H13NO3. The summed E-state index contributed by atoms with van der Waals surface area (Å²) in [5.74, 6) is 1.05. The third-order valence-electron chi connectivity index (χ3n) is 2.47. The van der Waals surface area contributed by atoms with Crippen molar-refractivity contribution in [3.63, 3.8) is 0 Å². The van der Waals surface area contributed by atoms with Crippen molar-refractivity contribution in [2.24, 2.45) is 0 Å². The molecule has 0 radical (unpaired) electrons. The molecule has 0 aliphatic heterocycles. The minimum absolute atomic E-state index is 0.360. The van der Waals surface area contributed by atoms with Crippen LogP contribution in [0.3, 0.4) is 0 Å². The van der Waals surface area contributed by atoms with Gasteiger partial charge >= 0.3 is 5.97 Å². The number of carbonyl (C=O) groups excluding carboxylic acids is 1. The zero-order valence-corrected chi connectivity index (χ0v) is 10.2. The molecule has 0 spiro atoms. The number of hydrogen-bond donors (Lipinski definition) is 0. The van der Waals surface area contributed by atoms with Crippen LogP contribution in [0.15, 0.2) is 42.7 Å². The molecule has 0 fully saturated rings. The average Bonchev–Trinajstić information content (AvgIpc) is 2.41. The van der Waals surface area contributed by atoms with Crippen molar-refractivity contribution < 1.29 is 14.3 Å². The van der Waals surface area contributed by atoms with Crippen molar-refractivity contribution in [2.75, 3.05) is 7.11 Å². The number of aromatic nitrogens is 1. The van der Waals surface area contributed by atoms with E-state index >= 15 is 0 Å². The molecule has 1 aromatic carbocycles. The van der Waals surface area contributed by atoms with Crippen molar-refractivity contribution >= 4 is 5.97 Å². The molecule has 2 aromatic rings. The van der Waals surface area contributed by atoms with E-state index in [1.54, 1.807) is 42.7 Å². The summed E-state index contributed by atoms with van der Waals surface area (Å²) in [4.78, 5) is 15.3. The molecule has 0 saturated heterocycles. The number of benzene rings is 1. The highest BCUT2D eigenvalue weighted by Crippen LogP contribution is 2.24. The van der Waals surface area contributed by atoms with Gasteiger partial charge in [-0.05, 0) is 37.3 Å². The molecule has 1 aromatic heterocycles. The van der Waals surface area contributed by atoms with E-state index in [0.717, 1.165) is 11.3 Å². The average molecular weight is 243 g/mol. The van der Waals surface area contributed by atoms with Gasteiger partial charge in [-0.2, -0.15) is 0 Å². The van der Waals surface area contributed by atoms with Gasteiger partial charge in [0.25, 0.3) is 0 Å². The molecule has 0 saturated carbocycles. The molecule has 0 aliphatic rings. The van der Waals surface area contributed by atoms with Gasteiger partial charge in [-0.15, -0.1) is 0 Å². The molecule has 2 rings (SSSR count). The lowest BCUT2D eigenvalue weighted by molar-refractivity contribution is 0.0600. The fourth-order valence-corrected chi connectivity index (χ4v) is 1.48. The highest BCUT2D eigenvalue weighted by atomic mass is 16.5. The summed E-state index contributed by atoms with van der Waals surface area (Å²) in [6.45, 7) is 1.92. The number of rotatable bonds is 3. The number of pyridine rings is 1. The van der Waals surface area contributed by atoms with E-state index in [4.69, 9.17) is 4.74 Å². The molecular weight excluding hydrogens is 230 g/mol. The standard InChI is InChI=1S/C14H13NO3/c1-10-9-15-8-7-13(10)18-12-5-3-11(4-6-12)14(16)17-2/h3-9H,1-2H3. The summed E-state index contributed by atoms with van der Waals surface area (Å²) in [6.07, 6.45) is 3.41. The molecule has 92 valence electrons. The van der Waals surface area contributed by atoms with Crippen LogP contribution in [-0.4, -0.2) is 18.1 Å². The first-order valence-corrected chi connectivity index (χ1v) is 5.47. The minimum atomic E-state index is -0.360. The number of ether oxygens (including phenoxy) is 2. The molecule has 0 N–H and O–H groups in total.